The number of phenolic OH excluding ortho intramolecular Hbond substituents is 1. The molecule has 2 rings (SSSR count). The molecule has 2 amide bonds. The summed E-state index contributed by atoms with van der Waals surface area (Å²) >= 11 is 0. The Kier molecular flexibility index (Phi) is 7.92. The quantitative estimate of drug-likeness (QED) is 0.489. The second-order valence-corrected chi connectivity index (χ2v) is 6.36. The molecule has 3 N–H and O–H groups in total. The van der Waals surface area contributed by atoms with E-state index in [0.29, 0.717) is 17.9 Å². The minimum absolute atomic E-state index is 0.0528. The number of amides is 2. The summed E-state index contributed by atoms with van der Waals surface area (Å²) in [5.74, 6) is 0.0129. The standard InChI is InChI=1S/C19H27N3O4/c1-2-26-17-12-14(8-9-16(17)23)13-20-22-19(25)11-10-18(24)21-15-6-4-3-5-7-15/h8-9,12-13,15,23H,2-7,10-11H2,1H3,(H,21,24)(H,22,25)/b20-13+. The summed E-state index contributed by atoms with van der Waals surface area (Å²) < 4.78 is 5.29. The van der Waals surface area contributed by atoms with Gasteiger partial charge in [-0.25, -0.2) is 5.43 Å². The lowest BCUT2D eigenvalue weighted by Gasteiger charge is -2.22. The Hall–Kier alpha value is -2.57. The minimum Gasteiger partial charge on any atom is -0.504 e. The Morgan fingerprint density at radius 3 is 2.69 bits per heavy atom. The fourth-order valence-electron chi connectivity index (χ4n) is 2.89. The number of carbonyl (C=O) groups is 2. The highest BCUT2D eigenvalue weighted by Gasteiger charge is 2.16. The van der Waals surface area contributed by atoms with Gasteiger partial charge in [-0.1, -0.05) is 19.3 Å². The Bertz CT molecular complexity index is 640. The van der Waals surface area contributed by atoms with Crippen molar-refractivity contribution in [2.45, 2.75) is 57.9 Å². The lowest BCUT2D eigenvalue weighted by atomic mass is 9.95. The summed E-state index contributed by atoms with van der Waals surface area (Å²) in [5.41, 5.74) is 3.09. The van der Waals surface area contributed by atoms with Crippen LogP contribution in [0.3, 0.4) is 0 Å². The number of phenols is 1. The van der Waals surface area contributed by atoms with Gasteiger partial charge in [0.15, 0.2) is 11.5 Å². The first-order chi connectivity index (χ1) is 12.6. The number of nitrogens with zero attached hydrogens (tertiary/aromatic N) is 1. The van der Waals surface area contributed by atoms with Crippen molar-refractivity contribution in [3.63, 3.8) is 0 Å². The maximum Gasteiger partial charge on any atom is 0.240 e. The van der Waals surface area contributed by atoms with Crippen molar-refractivity contribution in [3.05, 3.63) is 23.8 Å². The lowest BCUT2D eigenvalue weighted by Crippen LogP contribution is -2.36. The van der Waals surface area contributed by atoms with Crippen molar-refractivity contribution in [3.8, 4) is 11.5 Å². The normalized spacial score (nSPS) is 15.0. The number of hydrogen-bond donors (Lipinski definition) is 3. The first-order valence-electron chi connectivity index (χ1n) is 9.15. The number of hydrogen-bond acceptors (Lipinski definition) is 5. The molecule has 1 fully saturated rings. The van der Waals surface area contributed by atoms with Gasteiger partial charge in [0, 0.05) is 18.9 Å². The number of hydrazone groups is 1. The van der Waals surface area contributed by atoms with Gasteiger partial charge in [0.05, 0.1) is 12.8 Å². The molecular formula is C19H27N3O4. The van der Waals surface area contributed by atoms with Gasteiger partial charge in [-0.15, -0.1) is 0 Å². The van der Waals surface area contributed by atoms with Gasteiger partial charge in [0.1, 0.15) is 0 Å². The Labute approximate surface area is 153 Å². The molecule has 0 radical (unpaired) electrons. The highest BCUT2D eigenvalue weighted by molar-refractivity contribution is 5.85. The fourth-order valence-corrected chi connectivity index (χ4v) is 2.89. The Morgan fingerprint density at radius 1 is 1.23 bits per heavy atom. The number of rotatable bonds is 8. The lowest BCUT2D eigenvalue weighted by molar-refractivity contribution is -0.126. The molecule has 1 saturated carbocycles. The van der Waals surface area contributed by atoms with Crippen molar-refractivity contribution < 1.29 is 19.4 Å². The third-order valence-electron chi connectivity index (χ3n) is 4.24. The van der Waals surface area contributed by atoms with Gasteiger partial charge < -0.3 is 15.2 Å². The van der Waals surface area contributed by atoms with Crippen molar-refractivity contribution >= 4 is 18.0 Å². The van der Waals surface area contributed by atoms with Crippen LogP contribution in [0.1, 0.15) is 57.4 Å². The van der Waals surface area contributed by atoms with E-state index in [4.69, 9.17) is 4.74 Å². The van der Waals surface area contributed by atoms with E-state index in [1.54, 1.807) is 12.1 Å². The molecule has 1 aliphatic rings. The zero-order valence-corrected chi connectivity index (χ0v) is 15.2. The van der Waals surface area contributed by atoms with E-state index < -0.39 is 0 Å². The molecule has 1 aromatic carbocycles. The molecule has 0 bridgehead atoms. The molecule has 1 aromatic rings. The van der Waals surface area contributed by atoms with Crippen LogP contribution in [0, 0.1) is 0 Å². The summed E-state index contributed by atoms with van der Waals surface area (Å²) in [6, 6.07) is 5.05. The summed E-state index contributed by atoms with van der Waals surface area (Å²) in [4.78, 5) is 23.7. The van der Waals surface area contributed by atoms with Crippen LogP contribution in [0.5, 0.6) is 11.5 Å². The molecule has 0 aliphatic heterocycles. The third kappa shape index (κ3) is 6.74. The molecule has 26 heavy (non-hydrogen) atoms. The molecule has 0 unspecified atom stereocenters. The van der Waals surface area contributed by atoms with Crippen LogP contribution in [0.2, 0.25) is 0 Å². The van der Waals surface area contributed by atoms with Crippen molar-refractivity contribution in [2.75, 3.05) is 6.61 Å². The second kappa shape index (κ2) is 10.4. The van der Waals surface area contributed by atoms with Gasteiger partial charge in [-0.05, 0) is 43.5 Å². The van der Waals surface area contributed by atoms with Crippen LogP contribution in [0.4, 0.5) is 0 Å². The molecule has 142 valence electrons. The first-order valence-corrected chi connectivity index (χ1v) is 9.15. The molecule has 7 heteroatoms. The Balaban J connectivity index is 1.71. The molecule has 0 aromatic heterocycles. The fraction of sp³-hybridized carbons (Fsp3) is 0.526. The maximum absolute atomic E-state index is 11.9. The first kappa shape index (κ1) is 19.8. The number of ether oxygens (including phenoxy) is 1. The highest BCUT2D eigenvalue weighted by atomic mass is 16.5. The summed E-state index contributed by atoms with van der Waals surface area (Å²) in [7, 11) is 0. The van der Waals surface area contributed by atoms with Gasteiger partial charge >= 0.3 is 0 Å². The van der Waals surface area contributed by atoms with E-state index in [1.165, 1.54) is 18.7 Å². The molecular weight excluding hydrogens is 334 g/mol. The molecule has 0 atom stereocenters. The molecule has 1 aliphatic carbocycles. The predicted octanol–water partition coefficient (Wildman–Crippen LogP) is 2.47. The van der Waals surface area contributed by atoms with E-state index in [-0.39, 0.29) is 36.4 Å². The van der Waals surface area contributed by atoms with Crippen LogP contribution in [0.15, 0.2) is 23.3 Å². The zero-order valence-electron chi connectivity index (χ0n) is 15.2. The topological polar surface area (TPSA) is 100 Å². The van der Waals surface area contributed by atoms with Gasteiger partial charge in [-0.3, -0.25) is 9.59 Å². The molecule has 0 saturated heterocycles. The average Bonchev–Trinajstić information content (AvgIpc) is 2.64. The number of benzene rings is 1. The van der Waals surface area contributed by atoms with E-state index in [1.807, 2.05) is 6.92 Å². The number of aromatic hydroxyl groups is 1. The van der Waals surface area contributed by atoms with E-state index in [0.717, 1.165) is 25.7 Å². The van der Waals surface area contributed by atoms with Gasteiger partial charge in [0.25, 0.3) is 0 Å². The van der Waals surface area contributed by atoms with Gasteiger partial charge in [0.2, 0.25) is 11.8 Å². The SMILES string of the molecule is CCOc1cc(/C=N/NC(=O)CCC(=O)NC2CCCCC2)ccc1O. The van der Waals surface area contributed by atoms with Crippen LogP contribution in [-0.4, -0.2) is 35.8 Å². The van der Waals surface area contributed by atoms with Crippen LogP contribution in [0.25, 0.3) is 0 Å². The summed E-state index contributed by atoms with van der Waals surface area (Å²) in [5, 5.41) is 16.5. The minimum atomic E-state index is -0.316. The second-order valence-electron chi connectivity index (χ2n) is 6.36. The third-order valence-corrected chi connectivity index (χ3v) is 4.24. The van der Waals surface area contributed by atoms with Gasteiger partial charge in [-0.2, -0.15) is 5.10 Å². The van der Waals surface area contributed by atoms with Crippen LogP contribution < -0.4 is 15.5 Å². The smallest absolute Gasteiger partial charge is 0.240 e. The zero-order chi connectivity index (χ0) is 18.8. The van der Waals surface area contributed by atoms with Crippen molar-refractivity contribution in [1.82, 2.24) is 10.7 Å². The van der Waals surface area contributed by atoms with Crippen molar-refractivity contribution in [2.24, 2.45) is 5.10 Å². The monoisotopic (exact) mass is 361 g/mol. The van der Waals surface area contributed by atoms with E-state index in [2.05, 4.69) is 15.8 Å². The Morgan fingerprint density at radius 2 is 1.96 bits per heavy atom. The van der Waals surface area contributed by atoms with Crippen LogP contribution in [-0.2, 0) is 9.59 Å². The molecule has 0 heterocycles. The highest BCUT2D eigenvalue weighted by Crippen LogP contribution is 2.26. The largest absolute Gasteiger partial charge is 0.504 e. The molecule has 0 spiro atoms. The maximum atomic E-state index is 11.9. The van der Waals surface area contributed by atoms with E-state index >= 15 is 0 Å². The average molecular weight is 361 g/mol. The number of nitrogens with one attached hydrogen (secondary N) is 2. The van der Waals surface area contributed by atoms with E-state index in [9.17, 15) is 14.7 Å². The van der Waals surface area contributed by atoms with Crippen LogP contribution >= 0.6 is 0 Å². The van der Waals surface area contributed by atoms with Crippen molar-refractivity contribution in [1.29, 1.82) is 0 Å². The predicted molar refractivity (Wildman–Crippen MR) is 99.3 cm³/mol. The summed E-state index contributed by atoms with van der Waals surface area (Å²) in [6.07, 6.45) is 7.31. The number of carbonyl (C=O) groups excluding carboxylic acids is 2. The summed E-state index contributed by atoms with van der Waals surface area (Å²) in [6.45, 7) is 2.26. The molecule has 7 nitrogen and oxygen atoms in total.